The molecule has 1 aliphatic heterocycles. The molecule has 2 aliphatic rings. The number of allylic oxidation sites excluding steroid dienone is 1. The number of benzene rings is 3. The molecule has 1 aliphatic carbocycles. The number of rotatable bonds is 5. The number of H-pyrrole nitrogens is 2. The summed E-state index contributed by atoms with van der Waals surface area (Å²) in [7, 11) is 0. The normalized spacial score (nSPS) is 22.1. The van der Waals surface area contributed by atoms with Crippen LogP contribution in [0.1, 0.15) is 72.0 Å². The molecule has 3 aromatic carbocycles. The summed E-state index contributed by atoms with van der Waals surface area (Å²) >= 11 is 0. The fraction of sp³-hybridized carbons (Fsp3) is 0.286. The molecule has 3 heterocycles. The van der Waals surface area contributed by atoms with Crippen LogP contribution in [0.3, 0.4) is 0 Å². The van der Waals surface area contributed by atoms with E-state index >= 15 is 0 Å². The second-order valence-electron chi connectivity index (χ2n) is 12.2. The zero-order valence-corrected chi connectivity index (χ0v) is 24.2. The highest BCUT2D eigenvalue weighted by Gasteiger charge is 2.41. The minimum absolute atomic E-state index is 0.247. The maximum Gasteiger partial charge on any atom is 0.416 e. The molecule has 2 N–H and O–H groups in total. The third kappa shape index (κ3) is 5.45. The molecule has 4 nitrogen and oxygen atoms in total. The van der Waals surface area contributed by atoms with Gasteiger partial charge in [0, 0.05) is 45.8 Å². The fourth-order valence-electron chi connectivity index (χ4n) is 6.96. The van der Waals surface area contributed by atoms with Gasteiger partial charge in [0.1, 0.15) is 6.10 Å². The Kier molecular flexibility index (Phi) is 6.96. The average Bonchev–Trinajstić information content (AvgIpc) is 3.71. The van der Waals surface area contributed by atoms with E-state index in [1.165, 1.54) is 12.1 Å². The Bertz CT molecular complexity index is 1920. The molecule has 1 fully saturated rings. The molecular weight excluding hydrogens is 592 g/mol. The highest BCUT2D eigenvalue weighted by atomic mass is 19.4. The van der Waals surface area contributed by atoms with E-state index < -0.39 is 41.8 Å². The molecule has 7 rings (SSSR count). The number of nitrogens with one attached hydrogen (secondary N) is 2. The van der Waals surface area contributed by atoms with Gasteiger partial charge in [0.05, 0.1) is 17.7 Å². The van der Waals surface area contributed by atoms with E-state index in [0.717, 1.165) is 33.8 Å². The monoisotopic (exact) mass is 621 g/mol. The van der Waals surface area contributed by atoms with Crippen molar-refractivity contribution in [2.24, 2.45) is 0 Å². The second kappa shape index (κ2) is 10.7. The van der Waals surface area contributed by atoms with Crippen LogP contribution in [0.15, 0.2) is 84.4 Å². The highest BCUT2D eigenvalue weighted by Crippen LogP contribution is 2.49. The van der Waals surface area contributed by atoms with Gasteiger partial charge < -0.3 is 9.72 Å². The Morgan fingerprint density at radius 2 is 1.71 bits per heavy atom. The molecule has 10 heteroatoms. The minimum Gasteiger partial charge on any atom is -0.372 e. The first-order valence-corrected chi connectivity index (χ1v) is 14.7. The second-order valence-corrected chi connectivity index (χ2v) is 12.2. The van der Waals surface area contributed by atoms with Crippen molar-refractivity contribution in [3.8, 4) is 11.1 Å². The average molecular weight is 622 g/mol. The SMILES string of the molecule is CC1(c2[nH]c3ccccc3c2-c2cccc(C(F)(F)F)c2)CCOC(c2cc(C3C(CC(F)(F)F)=Cc4ccccc43)[nH]n2)C1. The lowest BCUT2D eigenvalue weighted by molar-refractivity contribution is -0.137. The lowest BCUT2D eigenvalue weighted by Crippen LogP contribution is -2.33. The van der Waals surface area contributed by atoms with Crippen molar-refractivity contribution in [2.45, 2.75) is 56.0 Å². The molecule has 3 atom stereocenters. The number of aromatic amines is 2. The summed E-state index contributed by atoms with van der Waals surface area (Å²) in [5, 5.41) is 8.33. The predicted molar refractivity (Wildman–Crippen MR) is 160 cm³/mol. The molecule has 0 saturated carbocycles. The molecule has 45 heavy (non-hydrogen) atoms. The van der Waals surface area contributed by atoms with E-state index in [1.54, 1.807) is 30.3 Å². The third-order valence-electron chi connectivity index (χ3n) is 9.08. The van der Waals surface area contributed by atoms with E-state index in [-0.39, 0.29) is 5.57 Å². The van der Waals surface area contributed by atoms with Gasteiger partial charge in [0.2, 0.25) is 0 Å². The molecule has 0 radical (unpaired) electrons. The number of nitrogens with zero attached hydrogens (tertiary/aromatic N) is 1. The van der Waals surface area contributed by atoms with Crippen molar-refractivity contribution in [1.82, 2.24) is 15.2 Å². The first-order valence-electron chi connectivity index (χ1n) is 14.7. The largest absolute Gasteiger partial charge is 0.416 e. The summed E-state index contributed by atoms with van der Waals surface area (Å²) in [6, 6.07) is 21.9. The Morgan fingerprint density at radius 3 is 2.51 bits per heavy atom. The lowest BCUT2D eigenvalue weighted by Gasteiger charge is -2.38. The minimum atomic E-state index is -4.48. The van der Waals surface area contributed by atoms with Crippen LogP contribution in [-0.4, -0.2) is 28.0 Å². The van der Waals surface area contributed by atoms with E-state index in [4.69, 9.17) is 4.74 Å². The number of fused-ring (bicyclic) bond motifs is 2. The van der Waals surface area contributed by atoms with Crippen molar-refractivity contribution in [3.63, 3.8) is 0 Å². The van der Waals surface area contributed by atoms with Crippen LogP contribution in [0.5, 0.6) is 0 Å². The summed E-state index contributed by atoms with van der Waals surface area (Å²) in [5.41, 5.74) is 4.46. The first-order chi connectivity index (χ1) is 21.4. The molecule has 2 aromatic heterocycles. The molecule has 1 saturated heterocycles. The highest BCUT2D eigenvalue weighted by molar-refractivity contribution is 5.98. The van der Waals surface area contributed by atoms with Crippen LogP contribution in [0.2, 0.25) is 0 Å². The van der Waals surface area contributed by atoms with Crippen molar-refractivity contribution in [2.75, 3.05) is 6.61 Å². The molecule has 3 unspecified atom stereocenters. The summed E-state index contributed by atoms with van der Waals surface area (Å²) in [6.07, 6.45) is -7.69. The smallest absolute Gasteiger partial charge is 0.372 e. The van der Waals surface area contributed by atoms with Gasteiger partial charge in [-0.2, -0.15) is 31.4 Å². The summed E-state index contributed by atoms with van der Waals surface area (Å²) < 4.78 is 87.9. The van der Waals surface area contributed by atoms with Crippen LogP contribution >= 0.6 is 0 Å². The lowest BCUT2D eigenvalue weighted by atomic mass is 9.74. The zero-order valence-electron chi connectivity index (χ0n) is 24.2. The Balaban J connectivity index is 1.24. The van der Waals surface area contributed by atoms with Crippen molar-refractivity contribution in [1.29, 1.82) is 0 Å². The van der Waals surface area contributed by atoms with E-state index in [1.807, 2.05) is 36.4 Å². The molecule has 0 amide bonds. The van der Waals surface area contributed by atoms with Gasteiger partial charge in [-0.3, -0.25) is 5.10 Å². The Hall–Kier alpha value is -4.31. The molecule has 0 bridgehead atoms. The quantitative estimate of drug-likeness (QED) is 0.192. The maximum absolute atomic E-state index is 13.7. The number of alkyl halides is 6. The van der Waals surface area contributed by atoms with Gasteiger partial charge in [0.15, 0.2) is 0 Å². The third-order valence-corrected chi connectivity index (χ3v) is 9.08. The molecule has 5 aromatic rings. The summed E-state index contributed by atoms with van der Waals surface area (Å²) in [5.74, 6) is -0.611. The van der Waals surface area contributed by atoms with Gasteiger partial charge in [-0.25, -0.2) is 0 Å². The van der Waals surface area contributed by atoms with Crippen LogP contribution in [0, 0.1) is 0 Å². The van der Waals surface area contributed by atoms with Gasteiger partial charge in [-0.15, -0.1) is 0 Å². The fourth-order valence-corrected chi connectivity index (χ4v) is 6.96. The Labute approximate surface area is 255 Å². The van der Waals surface area contributed by atoms with Crippen LogP contribution < -0.4 is 0 Å². The van der Waals surface area contributed by atoms with Crippen molar-refractivity contribution in [3.05, 3.63) is 118 Å². The number of halogens is 6. The molecule has 232 valence electrons. The van der Waals surface area contributed by atoms with E-state index in [0.29, 0.717) is 42.0 Å². The van der Waals surface area contributed by atoms with Crippen LogP contribution in [-0.2, 0) is 16.3 Å². The van der Waals surface area contributed by atoms with Crippen molar-refractivity contribution >= 4 is 17.0 Å². The van der Waals surface area contributed by atoms with Gasteiger partial charge in [-0.1, -0.05) is 67.6 Å². The van der Waals surface area contributed by atoms with Gasteiger partial charge >= 0.3 is 12.4 Å². The number of hydrogen-bond donors (Lipinski definition) is 2. The van der Waals surface area contributed by atoms with Gasteiger partial charge in [0.25, 0.3) is 0 Å². The van der Waals surface area contributed by atoms with E-state index in [9.17, 15) is 26.3 Å². The first kappa shape index (κ1) is 29.4. The maximum atomic E-state index is 13.7. The Morgan fingerprint density at radius 1 is 0.933 bits per heavy atom. The molecule has 0 spiro atoms. The summed E-state index contributed by atoms with van der Waals surface area (Å²) in [6.45, 7) is 2.43. The summed E-state index contributed by atoms with van der Waals surface area (Å²) in [4.78, 5) is 3.51. The van der Waals surface area contributed by atoms with Crippen LogP contribution in [0.25, 0.3) is 28.1 Å². The zero-order chi connectivity index (χ0) is 31.6. The van der Waals surface area contributed by atoms with E-state index in [2.05, 4.69) is 22.1 Å². The number of aromatic nitrogens is 3. The number of ether oxygens (including phenoxy) is 1. The van der Waals surface area contributed by atoms with Crippen molar-refractivity contribution < 1.29 is 31.1 Å². The number of hydrogen-bond acceptors (Lipinski definition) is 2. The van der Waals surface area contributed by atoms with Crippen LogP contribution in [0.4, 0.5) is 26.3 Å². The topological polar surface area (TPSA) is 53.7 Å². The van der Waals surface area contributed by atoms with Gasteiger partial charge in [-0.05, 0) is 59.4 Å². The standard InChI is InChI=1S/C35H29F6N3O/c1-33(32-31(25-11-4-5-12-26(25)42-32)21-8-6-9-23(16-21)35(39,40)41)13-14-45-29(19-33)27-17-28(44-43-27)30-22(18-34(36,37)38)15-20-7-2-3-10-24(20)30/h2-12,15-17,29-30,42H,13-14,18-19H2,1H3,(H,43,44). The number of para-hydroxylation sites is 1. The molecular formula is C35H29F6N3O. The predicted octanol–water partition coefficient (Wildman–Crippen LogP) is 9.87.